The first-order valence-electron chi connectivity index (χ1n) is 6.91. The molecule has 2 N–H and O–H groups in total. The minimum absolute atomic E-state index is 0.416. The van der Waals surface area contributed by atoms with Crippen molar-refractivity contribution in [3.63, 3.8) is 0 Å². The minimum atomic E-state index is 0.416. The molecule has 6 heteroatoms. The van der Waals surface area contributed by atoms with Crippen LogP contribution >= 0.6 is 0 Å². The van der Waals surface area contributed by atoms with Gasteiger partial charge in [-0.15, -0.1) is 5.10 Å². The number of nitrogens with two attached hydrogens (primary N) is 1. The Kier molecular flexibility index (Phi) is 3.66. The summed E-state index contributed by atoms with van der Waals surface area (Å²) in [6.07, 6.45) is 1.87. The van der Waals surface area contributed by atoms with Crippen LogP contribution in [0.3, 0.4) is 0 Å². The molecule has 20 heavy (non-hydrogen) atoms. The summed E-state index contributed by atoms with van der Waals surface area (Å²) in [4.78, 5) is 4.77. The fourth-order valence-electron chi connectivity index (χ4n) is 2.40. The van der Waals surface area contributed by atoms with E-state index in [9.17, 15) is 0 Å². The quantitative estimate of drug-likeness (QED) is 0.880. The number of piperazine rings is 1. The van der Waals surface area contributed by atoms with Crippen molar-refractivity contribution in [3.05, 3.63) is 36.2 Å². The van der Waals surface area contributed by atoms with E-state index >= 15 is 0 Å². The molecule has 0 radical (unpaired) electrons. The SMILES string of the molecule is CN1CCN(c2ccc(-n3cc(CN)nn3)cc2)CC1. The zero-order chi connectivity index (χ0) is 13.9. The summed E-state index contributed by atoms with van der Waals surface area (Å²) in [5.74, 6) is 0. The first kappa shape index (κ1) is 13.1. The third-order valence-corrected chi connectivity index (χ3v) is 3.73. The largest absolute Gasteiger partial charge is 0.369 e. The highest BCUT2D eigenvalue weighted by Crippen LogP contribution is 2.18. The molecule has 0 bridgehead atoms. The number of hydrogen-bond acceptors (Lipinski definition) is 5. The zero-order valence-electron chi connectivity index (χ0n) is 11.7. The van der Waals surface area contributed by atoms with E-state index in [1.54, 1.807) is 4.68 Å². The topological polar surface area (TPSA) is 63.2 Å². The molecule has 0 atom stereocenters. The maximum Gasteiger partial charge on any atom is 0.0967 e. The van der Waals surface area contributed by atoms with Crippen LogP contribution in [0.2, 0.25) is 0 Å². The van der Waals surface area contributed by atoms with Gasteiger partial charge in [0.25, 0.3) is 0 Å². The number of hydrogen-bond donors (Lipinski definition) is 1. The molecule has 0 aliphatic carbocycles. The molecule has 1 aromatic carbocycles. The molecule has 0 amide bonds. The maximum absolute atomic E-state index is 5.55. The van der Waals surface area contributed by atoms with E-state index in [0.29, 0.717) is 6.54 Å². The van der Waals surface area contributed by atoms with Crippen molar-refractivity contribution in [1.82, 2.24) is 19.9 Å². The van der Waals surface area contributed by atoms with Crippen molar-refractivity contribution in [2.75, 3.05) is 38.1 Å². The lowest BCUT2D eigenvalue weighted by Gasteiger charge is -2.34. The number of likely N-dealkylation sites (N-methyl/N-ethyl adjacent to an activating group) is 1. The summed E-state index contributed by atoms with van der Waals surface area (Å²) in [5, 5.41) is 8.08. The standard InChI is InChI=1S/C14H20N6/c1-18-6-8-19(9-7-18)13-2-4-14(5-3-13)20-11-12(10-15)16-17-20/h2-5,11H,6-10,15H2,1H3. The molecule has 1 saturated heterocycles. The molecule has 2 aromatic rings. The molecule has 0 unspecified atom stereocenters. The van der Waals surface area contributed by atoms with Crippen LogP contribution in [0.25, 0.3) is 5.69 Å². The van der Waals surface area contributed by atoms with Crippen LogP contribution in [-0.2, 0) is 6.54 Å². The van der Waals surface area contributed by atoms with Gasteiger partial charge in [-0.2, -0.15) is 0 Å². The monoisotopic (exact) mass is 272 g/mol. The lowest BCUT2D eigenvalue weighted by molar-refractivity contribution is 0.313. The van der Waals surface area contributed by atoms with Crippen molar-refractivity contribution in [2.45, 2.75) is 6.54 Å². The van der Waals surface area contributed by atoms with Crippen molar-refractivity contribution in [2.24, 2.45) is 5.73 Å². The van der Waals surface area contributed by atoms with Gasteiger partial charge in [0.2, 0.25) is 0 Å². The van der Waals surface area contributed by atoms with E-state index < -0.39 is 0 Å². The summed E-state index contributed by atoms with van der Waals surface area (Å²) < 4.78 is 1.76. The van der Waals surface area contributed by atoms with Crippen molar-refractivity contribution in [1.29, 1.82) is 0 Å². The Labute approximate surface area is 118 Å². The summed E-state index contributed by atoms with van der Waals surface area (Å²) in [6, 6.07) is 8.43. The Morgan fingerprint density at radius 2 is 1.70 bits per heavy atom. The van der Waals surface area contributed by atoms with Crippen LogP contribution in [0, 0.1) is 0 Å². The fraction of sp³-hybridized carbons (Fsp3) is 0.429. The normalized spacial score (nSPS) is 16.6. The first-order valence-corrected chi connectivity index (χ1v) is 6.91. The number of aromatic nitrogens is 3. The number of rotatable bonds is 3. The van der Waals surface area contributed by atoms with E-state index in [1.807, 2.05) is 6.20 Å². The van der Waals surface area contributed by atoms with Gasteiger partial charge in [-0.25, -0.2) is 4.68 Å². The maximum atomic E-state index is 5.55. The highest BCUT2D eigenvalue weighted by Gasteiger charge is 2.14. The molecule has 1 aliphatic rings. The van der Waals surface area contributed by atoms with Gasteiger partial charge < -0.3 is 15.5 Å². The first-order chi connectivity index (χ1) is 9.76. The van der Waals surface area contributed by atoms with Crippen LogP contribution in [0.15, 0.2) is 30.5 Å². The number of benzene rings is 1. The summed E-state index contributed by atoms with van der Waals surface area (Å²) in [5.41, 5.74) is 8.62. The minimum Gasteiger partial charge on any atom is -0.369 e. The predicted molar refractivity (Wildman–Crippen MR) is 79.0 cm³/mol. The van der Waals surface area contributed by atoms with Gasteiger partial charge >= 0.3 is 0 Å². The summed E-state index contributed by atoms with van der Waals surface area (Å²) in [6.45, 7) is 4.81. The Hall–Kier alpha value is -1.92. The Balaban J connectivity index is 1.74. The molecule has 3 rings (SSSR count). The van der Waals surface area contributed by atoms with E-state index in [2.05, 4.69) is 51.4 Å². The smallest absolute Gasteiger partial charge is 0.0967 e. The predicted octanol–water partition coefficient (Wildman–Crippen LogP) is 0.478. The van der Waals surface area contributed by atoms with Crippen LogP contribution in [-0.4, -0.2) is 53.1 Å². The van der Waals surface area contributed by atoms with Crippen LogP contribution < -0.4 is 10.6 Å². The lowest BCUT2D eigenvalue weighted by Crippen LogP contribution is -2.44. The zero-order valence-corrected chi connectivity index (χ0v) is 11.7. The van der Waals surface area contributed by atoms with E-state index in [1.165, 1.54) is 5.69 Å². The van der Waals surface area contributed by atoms with Crippen LogP contribution in [0.1, 0.15) is 5.69 Å². The third-order valence-electron chi connectivity index (χ3n) is 3.73. The van der Waals surface area contributed by atoms with Gasteiger partial charge in [0.05, 0.1) is 17.6 Å². The summed E-state index contributed by atoms with van der Waals surface area (Å²) in [7, 11) is 2.17. The summed E-state index contributed by atoms with van der Waals surface area (Å²) >= 11 is 0. The second-order valence-electron chi connectivity index (χ2n) is 5.17. The average Bonchev–Trinajstić information content (AvgIpc) is 2.97. The lowest BCUT2D eigenvalue weighted by atomic mass is 10.2. The molecule has 0 spiro atoms. The Morgan fingerprint density at radius 3 is 2.30 bits per heavy atom. The number of nitrogens with zero attached hydrogens (tertiary/aromatic N) is 5. The highest BCUT2D eigenvalue weighted by molar-refractivity contribution is 5.51. The van der Waals surface area contributed by atoms with Gasteiger partial charge in [0.15, 0.2) is 0 Å². The van der Waals surface area contributed by atoms with Crippen molar-refractivity contribution >= 4 is 5.69 Å². The fourth-order valence-corrected chi connectivity index (χ4v) is 2.40. The highest BCUT2D eigenvalue weighted by atomic mass is 15.4. The van der Waals surface area contributed by atoms with Crippen molar-refractivity contribution < 1.29 is 0 Å². The van der Waals surface area contributed by atoms with Gasteiger partial charge in [-0.3, -0.25) is 0 Å². The molecular formula is C14H20N6. The molecule has 0 saturated carbocycles. The Bertz CT molecular complexity index is 553. The van der Waals surface area contributed by atoms with E-state index in [0.717, 1.165) is 37.6 Å². The number of anilines is 1. The van der Waals surface area contributed by atoms with Gasteiger partial charge in [0.1, 0.15) is 0 Å². The molecule has 1 fully saturated rings. The molecule has 6 nitrogen and oxygen atoms in total. The van der Waals surface area contributed by atoms with E-state index in [4.69, 9.17) is 5.73 Å². The molecule has 1 aliphatic heterocycles. The molecular weight excluding hydrogens is 252 g/mol. The molecule has 2 heterocycles. The Morgan fingerprint density at radius 1 is 1.05 bits per heavy atom. The molecule has 106 valence electrons. The second kappa shape index (κ2) is 5.60. The van der Waals surface area contributed by atoms with Gasteiger partial charge in [0, 0.05) is 38.4 Å². The van der Waals surface area contributed by atoms with Gasteiger partial charge in [-0.05, 0) is 31.3 Å². The van der Waals surface area contributed by atoms with E-state index in [-0.39, 0.29) is 0 Å². The van der Waals surface area contributed by atoms with Crippen LogP contribution in [0.4, 0.5) is 5.69 Å². The average molecular weight is 272 g/mol. The van der Waals surface area contributed by atoms with Gasteiger partial charge in [-0.1, -0.05) is 5.21 Å². The molecule has 1 aromatic heterocycles. The second-order valence-corrected chi connectivity index (χ2v) is 5.17. The van der Waals surface area contributed by atoms with Crippen molar-refractivity contribution in [3.8, 4) is 5.69 Å². The van der Waals surface area contributed by atoms with Crippen LogP contribution in [0.5, 0.6) is 0 Å². The third kappa shape index (κ3) is 2.66.